The molecule has 1 aromatic heterocycles. The summed E-state index contributed by atoms with van der Waals surface area (Å²) < 4.78 is 5.66. The first kappa shape index (κ1) is 15.4. The number of thiazole rings is 1. The molecule has 1 aliphatic heterocycles. The molecule has 1 saturated heterocycles. The van der Waals surface area contributed by atoms with Crippen LogP contribution in [0.25, 0.3) is 0 Å². The van der Waals surface area contributed by atoms with E-state index < -0.39 is 0 Å². The predicted octanol–water partition coefficient (Wildman–Crippen LogP) is 1.63. The molecule has 1 atom stereocenters. The second-order valence-electron chi connectivity index (χ2n) is 5.44. The molecule has 0 radical (unpaired) electrons. The Balaban J connectivity index is 2.01. The van der Waals surface area contributed by atoms with E-state index in [1.54, 1.807) is 0 Å². The van der Waals surface area contributed by atoms with E-state index in [0.29, 0.717) is 18.8 Å². The molecule has 20 heavy (non-hydrogen) atoms. The zero-order valence-electron chi connectivity index (χ0n) is 12.5. The molecule has 0 aromatic carbocycles. The lowest BCUT2D eigenvalue weighted by Gasteiger charge is -2.26. The number of hydrogen-bond donors (Lipinski definition) is 0. The fourth-order valence-electron chi connectivity index (χ4n) is 2.25. The van der Waals surface area contributed by atoms with Crippen LogP contribution in [0.5, 0.6) is 0 Å². The van der Waals surface area contributed by atoms with E-state index in [2.05, 4.69) is 9.88 Å². The third-order valence-corrected chi connectivity index (χ3v) is 4.16. The molecule has 1 aliphatic rings. The van der Waals surface area contributed by atoms with Gasteiger partial charge in [-0.05, 0) is 33.9 Å². The molecule has 112 valence electrons. The number of ether oxygens (including phenoxy) is 1. The molecule has 0 saturated carbocycles. The maximum atomic E-state index is 12.6. The van der Waals surface area contributed by atoms with Crippen LogP contribution in [0.2, 0.25) is 0 Å². The summed E-state index contributed by atoms with van der Waals surface area (Å²) in [5, 5.41) is 2.77. The second-order valence-corrected chi connectivity index (χ2v) is 6.50. The third kappa shape index (κ3) is 4.26. The van der Waals surface area contributed by atoms with Gasteiger partial charge < -0.3 is 14.5 Å². The van der Waals surface area contributed by atoms with Gasteiger partial charge in [-0.2, -0.15) is 0 Å². The SMILES string of the molecule is Cc1nc(C(=O)N(CCN(C)C)C[C@H]2CCCO2)cs1. The molecule has 2 heterocycles. The quantitative estimate of drug-likeness (QED) is 0.801. The maximum Gasteiger partial charge on any atom is 0.273 e. The van der Waals surface area contributed by atoms with Crippen molar-refractivity contribution in [1.82, 2.24) is 14.8 Å². The van der Waals surface area contributed by atoms with Crippen molar-refractivity contribution in [2.45, 2.75) is 25.9 Å². The minimum Gasteiger partial charge on any atom is -0.376 e. The van der Waals surface area contributed by atoms with Crippen molar-refractivity contribution in [1.29, 1.82) is 0 Å². The first-order chi connectivity index (χ1) is 9.56. The van der Waals surface area contributed by atoms with Gasteiger partial charge >= 0.3 is 0 Å². The highest BCUT2D eigenvalue weighted by Gasteiger charge is 2.24. The van der Waals surface area contributed by atoms with Gasteiger partial charge in [0.25, 0.3) is 5.91 Å². The van der Waals surface area contributed by atoms with Crippen LogP contribution >= 0.6 is 11.3 Å². The van der Waals surface area contributed by atoms with Crippen molar-refractivity contribution in [2.75, 3.05) is 40.3 Å². The molecule has 2 rings (SSSR count). The fourth-order valence-corrected chi connectivity index (χ4v) is 2.84. The highest BCUT2D eigenvalue weighted by atomic mass is 32.1. The smallest absolute Gasteiger partial charge is 0.273 e. The molecule has 0 unspecified atom stereocenters. The van der Waals surface area contributed by atoms with Gasteiger partial charge in [-0.15, -0.1) is 11.3 Å². The topological polar surface area (TPSA) is 45.7 Å². The average Bonchev–Trinajstić information content (AvgIpc) is 3.04. The van der Waals surface area contributed by atoms with Crippen molar-refractivity contribution < 1.29 is 9.53 Å². The number of aromatic nitrogens is 1. The third-order valence-electron chi connectivity index (χ3n) is 3.39. The van der Waals surface area contributed by atoms with E-state index in [-0.39, 0.29) is 12.0 Å². The molecule has 6 heteroatoms. The van der Waals surface area contributed by atoms with Crippen molar-refractivity contribution >= 4 is 17.2 Å². The summed E-state index contributed by atoms with van der Waals surface area (Å²) in [4.78, 5) is 20.8. The van der Waals surface area contributed by atoms with Gasteiger partial charge in [0.1, 0.15) is 5.69 Å². The van der Waals surface area contributed by atoms with Gasteiger partial charge in [0.2, 0.25) is 0 Å². The number of carbonyl (C=O) groups excluding carboxylic acids is 1. The van der Waals surface area contributed by atoms with Crippen LogP contribution in [0.15, 0.2) is 5.38 Å². The maximum absolute atomic E-state index is 12.6. The molecular weight excluding hydrogens is 274 g/mol. The summed E-state index contributed by atoms with van der Waals surface area (Å²) >= 11 is 1.52. The van der Waals surface area contributed by atoms with Gasteiger partial charge in [0.15, 0.2) is 0 Å². The molecule has 5 nitrogen and oxygen atoms in total. The van der Waals surface area contributed by atoms with Crippen LogP contribution in [0, 0.1) is 6.92 Å². The lowest BCUT2D eigenvalue weighted by Crippen LogP contribution is -2.41. The van der Waals surface area contributed by atoms with Crippen molar-refractivity contribution in [3.8, 4) is 0 Å². The van der Waals surface area contributed by atoms with E-state index >= 15 is 0 Å². The van der Waals surface area contributed by atoms with Crippen molar-refractivity contribution in [3.05, 3.63) is 16.1 Å². The highest BCUT2D eigenvalue weighted by Crippen LogP contribution is 2.16. The van der Waals surface area contributed by atoms with Crippen molar-refractivity contribution in [3.63, 3.8) is 0 Å². The number of rotatable bonds is 6. The molecule has 1 fully saturated rings. The largest absolute Gasteiger partial charge is 0.376 e. The Hall–Kier alpha value is -0.980. The van der Waals surface area contributed by atoms with Crippen LogP contribution in [-0.2, 0) is 4.74 Å². The minimum atomic E-state index is 0.0201. The van der Waals surface area contributed by atoms with E-state index in [9.17, 15) is 4.79 Å². The zero-order chi connectivity index (χ0) is 14.5. The predicted molar refractivity (Wildman–Crippen MR) is 80.3 cm³/mol. The molecule has 0 aliphatic carbocycles. The lowest BCUT2D eigenvalue weighted by atomic mass is 10.2. The molecular formula is C14H23N3O2S. The van der Waals surface area contributed by atoms with Gasteiger partial charge in [-0.3, -0.25) is 4.79 Å². The summed E-state index contributed by atoms with van der Waals surface area (Å²) in [5.74, 6) is 0.0201. The Morgan fingerprint density at radius 3 is 2.85 bits per heavy atom. The van der Waals surface area contributed by atoms with Crippen LogP contribution in [0.1, 0.15) is 28.3 Å². The van der Waals surface area contributed by atoms with Crippen molar-refractivity contribution in [2.24, 2.45) is 0 Å². The average molecular weight is 297 g/mol. The number of hydrogen-bond acceptors (Lipinski definition) is 5. The zero-order valence-corrected chi connectivity index (χ0v) is 13.3. The van der Waals surface area contributed by atoms with Crippen LogP contribution < -0.4 is 0 Å². The number of carbonyl (C=O) groups is 1. The second kappa shape index (κ2) is 7.15. The monoisotopic (exact) mass is 297 g/mol. The highest BCUT2D eigenvalue weighted by molar-refractivity contribution is 7.09. The first-order valence-corrected chi connectivity index (χ1v) is 7.92. The summed E-state index contributed by atoms with van der Waals surface area (Å²) in [6.07, 6.45) is 2.32. The van der Waals surface area contributed by atoms with Crippen LogP contribution in [0.3, 0.4) is 0 Å². The summed E-state index contributed by atoms with van der Waals surface area (Å²) in [7, 11) is 4.03. The summed E-state index contributed by atoms with van der Waals surface area (Å²) in [6, 6.07) is 0. The Kier molecular flexibility index (Phi) is 5.51. The summed E-state index contributed by atoms with van der Waals surface area (Å²) in [5.41, 5.74) is 0.559. The Morgan fingerprint density at radius 1 is 1.50 bits per heavy atom. The van der Waals surface area contributed by atoms with Crippen LogP contribution in [-0.4, -0.2) is 67.1 Å². The summed E-state index contributed by atoms with van der Waals surface area (Å²) in [6.45, 7) is 4.97. The molecule has 1 amide bonds. The first-order valence-electron chi connectivity index (χ1n) is 7.04. The van der Waals surface area contributed by atoms with Gasteiger partial charge in [-0.25, -0.2) is 4.98 Å². The van der Waals surface area contributed by atoms with E-state index in [4.69, 9.17) is 4.74 Å². The van der Waals surface area contributed by atoms with Gasteiger partial charge in [-0.1, -0.05) is 0 Å². The van der Waals surface area contributed by atoms with E-state index in [0.717, 1.165) is 31.0 Å². The minimum absolute atomic E-state index is 0.0201. The van der Waals surface area contributed by atoms with Gasteiger partial charge in [0.05, 0.1) is 11.1 Å². The number of aryl methyl sites for hydroxylation is 1. The normalized spacial score (nSPS) is 18.7. The number of nitrogens with zero attached hydrogens (tertiary/aromatic N) is 3. The van der Waals surface area contributed by atoms with E-state index in [1.807, 2.05) is 31.3 Å². The van der Waals surface area contributed by atoms with E-state index in [1.165, 1.54) is 11.3 Å². The van der Waals surface area contributed by atoms with Gasteiger partial charge in [0, 0.05) is 31.6 Å². The number of likely N-dealkylation sites (N-methyl/N-ethyl adjacent to an activating group) is 1. The standard InChI is InChI=1S/C14H23N3O2S/c1-11-15-13(10-20-11)14(18)17(7-6-16(2)3)9-12-5-4-8-19-12/h10,12H,4-9H2,1-3H3/t12-/m1/s1. The lowest BCUT2D eigenvalue weighted by molar-refractivity contribution is 0.0508. The fraction of sp³-hybridized carbons (Fsp3) is 0.714. The molecule has 0 bridgehead atoms. The molecule has 0 spiro atoms. The Bertz CT molecular complexity index is 441. The van der Waals surface area contributed by atoms with Crippen LogP contribution in [0.4, 0.5) is 0 Å². The molecule has 0 N–H and O–H groups in total. The Morgan fingerprint density at radius 2 is 2.30 bits per heavy atom. The molecule has 1 aromatic rings. The number of amides is 1. The Labute approximate surface area is 124 Å².